The molecular formula is C15H21N3OS. The summed E-state index contributed by atoms with van der Waals surface area (Å²) in [5.74, 6) is 0.366. The minimum Gasteiger partial charge on any atom is -0.409 e. The summed E-state index contributed by atoms with van der Waals surface area (Å²) in [6.45, 7) is 2.06. The maximum Gasteiger partial charge on any atom is 0.156 e. The molecule has 0 spiro atoms. The molecule has 5 heteroatoms. The van der Waals surface area contributed by atoms with Crippen LogP contribution in [0, 0.1) is 0 Å². The van der Waals surface area contributed by atoms with Crippen LogP contribution >= 0.6 is 11.8 Å². The van der Waals surface area contributed by atoms with Crippen molar-refractivity contribution in [3.63, 3.8) is 0 Å². The van der Waals surface area contributed by atoms with Crippen LogP contribution in [0.1, 0.15) is 24.8 Å². The molecule has 1 fully saturated rings. The Hall–Kier alpha value is -1.20. The van der Waals surface area contributed by atoms with Crippen LogP contribution in [0.4, 0.5) is 0 Å². The van der Waals surface area contributed by atoms with E-state index >= 15 is 0 Å². The fourth-order valence-corrected chi connectivity index (χ4v) is 4.58. The van der Waals surface area contributed by atoms with E-state index in [-0.39, 0.29) is 6.04 Å². The van der Waals surface area contributed by atoms with E-state index in [1.807, 2.05) is 11.8 Å². The average molecular weight is 291 g/mol. The molecule has 0 bridgehead atoms. The Balaban J connectivity index is 1.66. The van der Waals surface area contributed by atoms with Gasteiger partial charge in [-0.3, -0.25) is 4.90 Å². The molecule has 4 nitrogen and oxygen atoms in total. The van der Waals surface area contributed by atoms with Gasteiger partial charge in [-0.25, -0.2) is 0 Å². The second-order valence-corrected chi connectivity index (χ2v) is 6.93. The van der Waals surface area contributed by atoms with Gasteiger partial charge in [-0.05, 0) is 37.4 Å². The van der Waals surface area contributed by atoms with Crippen molar-refractivity contribution in [2.45, 2.75) is 41.9 Å². The maximum absolute atomic E-state index is 8.94. The van der Waals surface area contributed by atoms with Gasteiger partial charge in [0, 0.05) is 16.7 Å². The normalized spacial score (nSPS) is 27.5. The molecule has 1 aromatic rings. The Morgan fingerprint density at radius 1 is 1.40 bits per heavy atom. The zero-order valence-corrected chi connectivity index (χ0v) is 12.4. The van der Waals surface area contributed by atoms with E-state index in [1.54, 1.807) is 0 Å². The number of thioether (sulfide) groups is 1. The van der Waals surface area contributed by atoms with Crippen molar-refractivity contribution in [2.75, 3.05) is 13.1 Å². The Morgan fingerprint density at radius 2 is 2.25 bits per heavy atom. The fourth-order valence-electron chi connectivity index (χ4n) is 3.23. The third-order valence-electron chi connectivity index (χ3n) is 4.22. The lowest BCUT2D eigenvalue weighted by Crippen LogP contribution is -2.49. The van der Waals surface area contributed by atoms with Gasteiger partial charge in [-0.15, -0.1) is 11.8 Å². The molecule has 3 rings (SSSR count). The second-order valence-electron chi connectivity index (χ2n) is 5.58. The van der Waals surface area contributed by atoms with Crippen LogP contribution in [-0.4, -0.2) is 40.3 Å². The number of likely N-dealkylation sites (tertiary alicyclic amines) is 1. The molecule has 1 aromatic carbocycles. The van der Waals surface area contributed by atoms with Crippen LogP contribution < -0.4 is 5.73 Å². The summed E-state index contributed by atoms with van der Waals surface area (Å²) in [4.78, 5) is 3.80. The molecule has 0 saturated carbocycles. The molecule has 0 radical (unpaired) electrons. The number of nitrogens with zero attached hydrogens (tertiary/aromatic N) is 2. The Labute approximate surface area is 124 Å². The van der Waals surface area contributed by atoms with Gasteiger partial charge in [-0.1, -0.05) is 29.8 Å². The SMILES string of the molecule is NC(=NO)C1CCCCN1CC1Cc2ccccc2S1. The molecule has 0 aliphatic carbocycles. The van der Waals surface area contributed by atoms with Crippen molar-refractivity contribution in [1.82, 2.24) is 4.90 Å². The van der Waals surface area contributed by atoms with E-state index in [4.69, 9.17) is 10.9 Å². The van der Waals surface area contributed by atoms with Crippen molar-refractivity contribution < 1.29 is 5.21 Å². The average Bonchev–Trinajstić information content (AvgIpc) is 2.89. The van der Waals surface area contributed by atoms with Gasteiger partial charge in [0.1, 0.15) is 0 Å². The molecule has 108 valence electrons. The Bertz CT molecular complexity index is 481. The zero-order valence-electron chi connectivity index (χ0n) is 11.5. The number of hydrogen-bond donors (Lipinski definition) is 2. The van der Waals surface area contributed by atoms with Crippen LogP contribution in [0.2, 0.25) is 0 Å². The lowest BCUT2D eigenvalue weighted by Gasteiger charge is -2.36. The number of hydrogen-bond acceptors (Lipinski definition) is 4. The monoisotopic (exact) mass is 291 g/mol. The number of amidine groups is 1. The molecule has 2 aliphatic rings. The molecule has 0 aromatic heterocycles. The molecule has 2 heterocycles. The number of piperidine rings is 1. The smallest absolute Gasteiger partial charge is 0.156 e. The lowest BCUT2D eigenvalue weighted by molar-refractivity contribution is 0.187. The summed E-state index contributed by atoms with van der Waals surface area (Å²) < 4.78 is 0. The standard InChI is InChI=1S/C15H21N3OS/c16-15(17-19)13-6-3-4-8-18(13)10-12-9-11-5-1-2-7-14(11)20-12/h1-2,5,7,12-13,19H,3-4,6,8-10H2,(H2,16,17). The van der Waals surface area contributed by atoms with Gasteiger partial charge in [-0.2, -0.15) is 0 Å². The van der Waals surface area contributed by atoms with Crippen LogP contribution in [0.25, 0.3) is 0 Å². The van der Waals surface area contributed by atoms with Crippen LogP contribution in [-0.2, 0) is 6.42 Å². The predicted molar refractivity (Wildman–Crippen MR) is 82.4 cm³/mol. The number of fused-ring (bicyclic) bond motifs is 1. The summed E-state index contributed by atoms with van der Waals surface area (Å²) in [5, 5.41) is 12.7. The first-order chi connectivity index (χ1) is 9.78. The molecule has 1 saturated heterocycles. The molecule has 2 atom stereocenters. The van der Waals surface area contributed by atoms with Gasteiger partial charge in [0.2, 0.25) is 0 Å². The first kappa shape index (κ1) is 13.8. The van der Waals surface area contributed by atoms with E-state index in [0.29, 0.717) is 11.1 Å². The number of nitrogens with two attached hydrogens (primary N) is 1. The highest BCUT2D eigenvalue weighted by Gasteiger charge is 2.30. The molecule has 20 heavy (non-hydrogen) atoms. The third-order valence-corrected chi connectivity index (χ3v) is 5.52. The molecular weight excluding hydrogens is 270 g/mol. The minimum absolute atomic E-state index is 0.109. The molecule has 2 unspecified atom stereocenters. The number of benzene rings is 1. The molecule has 2 aliphatic heterocycles. The van der Waals surface area contributed by atoms with E-state index in [2.05, 4.69) is 34.3 Å². The van der Waals surface area contributed by atoms with Crippen LogP contribution in [0.3, 0.4) is 0 Å². The van der Waals surface area contributed by atoms with Gasteiger partial charge >= 0.3 is 0 Å². The summed E-state index contributed by atoms with van der Waals surface area (Å²) in [7, 11) is 0. The third kappa shape index (κ3) is 2.79. The van der Waals surface area contributed by atoms with E-state index in [0.717, 1.165) is 32.4 Å². The summed E-state index contributed by atoms with van der Waals surface area (Å²) in [6, 6.07) is 8.76. The topological polar surface area (TPSA) is 61.9 Å². The highest BCUT2D eigenvalue weighted by Crippen LogP contribution is 2.37. The van der Waals surface area contributed by atoms with Crippen molar-refractivity contribution in [2.24, 2.45) is 10.9 Å². The maximum atomic E-state index is 8.94. The van der Waals surface area contributed by atoms with Gasteiger partial charge in [0.15, 0.2) is 5.84 Å². The molecule has 0 amide bonds. The summed E-state index contributed by atoms with van der Waals surface area (Å²) >= 11 is 1.97. The predicted octanol–water partition coefficient (Wildman–Crippen LogP) is 2.30. The quantitative estimate of drug-likeness (QED) is 0.388. The summed E-state index contributed by atoms with van der Waals surface area (Å²) in [5.41, 5.74) is 7.31. The number of rotatable bonds is 3. The van der Waals surface area contributed by atoms with E-state index in [1.165, 1.54) is 16.9 Å². The highest BCUT2D eigenvalue weighted by molar-refractivity contribution is 8.00. The van der Waals surface area contributed by atoms with Crippen molar-refractivity contribution in [3.8, 4) is 0 Å². The highest BCUT2D eigenvalue weighted by atomic mass is 32.2. The van der Waals surface area contributed by atoms with Gasteiger partial charge in [0.05, 0.1) is 6.04 Å². The number of oxime groups is 1. The lowest BCUT2D eigenvalue weighted by atomic mass is 10.0. The Morgan fingerprint density at radius 3 is 3.05 bits per heavy atom. The van der Waals surface area contributed by atoms with Crippen LogP contribution in [0.15, 0.2) is 34.3 Å². The van der Waals surface area contributed by atoms with Crippen LogP contribution in [0.5, 0.6) is 0 Å². The fraction of sp³-hybridized carbons (Fsp3) is 0.533. The molecule has 3 N–H and O–H groups in total. The van der Waals surface area contributed by atoms with Gasteiger partial charge in [0.25, 0.3) is 0 Å². The van der Waals surface area contributed by atoms with Crippen molar-refractivity contribution >= 4 is 17.6 Å². The van der Waals surface area contributed by atoms with E-state index in [9.17, 15) is 0 Å². The Kier molecular flexibility index (Phi) is 4.17. The van der Waals surface area contributed by atoms with Gasteiger partial charge < -0.3 is 10.9 Å². The first-order valence-corrected chi connectivity index (χ1v) is 8.12. The van der Waals surface area contributed by atoms with E-state index < -0.39 is 0 Å². The minimum atomic E-state index is 0.109. The zero-order chi connectivity index (χ0) is 13.9. The summed E-state index contributed by atoms with van der Waals surface area (Å²) in [6.07, 6.45) is 4.50. The van der Waals surface area contributed by atoms with Crippen molar-refractivity contribution in [3.05, 3.63) is 29.8 Å². The second kappa shape index (κ2) is 6.06. The largest absolute Gasteiger partial charge is 0.409 e. The first-order valence-electron chi connectivity index (χ1n) is 7.24. The van der Waals surface area contributed by atoms with Crippen molar-refractivity contribution in [1.29, 1.82) is 0 Å².